The van der Waals surface area contributed by atoms with Gasteiger partial charge in [-0.05, 0) is 32.1 Å². The third-order valence-corrected chi connectivity index (χ3v) is 4.41. The van der Waals surface area contributed by atoms with Crippen molar-refractivity contribution >= 4 is 17.5 Å². The zero-order chi connectivity index (χ0) is 18.4. The fourth-order valence-corrected chi connectivity index (χ4v) is 2.63. The van der Waals surface area contributed by atoms with E-state index in [9.17, 15) is 14.4 Å². The van der Waals surface area contributed by atoms with Crippen molar-refractivity contribution in [1.82, 2.24) is 5.32 Å². The zero-order valence-corrected chi connectivity index (χ0v) is 16.2. The number of ketones is 2. The minimum atomic E-state index is 0.0691. The van der Waals surface area contributed by atoms with E-state index in [1.165, 1.54) is 0 Å². The van der Waals surface area contributed by atoms with Crippen LogP contribution >= 0.6 is 0 Å². The summed E-state index contributed by atoms with van der Waals surface area (Å²) in [6.07, 6.45) is 8.17. The lowest BCUT2D eigenvalue weighted by molar-refractivity contribution is -0.123. The van der Waals surface area contributed by atoms with Crippen LogP contribution in [0.3, 0.4) is 0 Å². The minimum Gasteiger partial charge on any atom is -0.356 e. The Balaban J connectivity index is 3.49. The van der Waals surface area contributed by atoms with Gasteiger partial charge in [-0.15, -0.1) is 0 Å². The quantitative estimate of drug-likeness (QED) is 0.448. The first-order valence-corrected chi connectivity index (χ1v) is 9.70. The Morgan fingerprint density at radius 2 is 1.38 bits per heavy atom. The van der Waals surface area contributed by atoms with Gasteiger partial charge in [0.15, 0.2) is 0 Å². The van der Waals surface area contributed by atoms with Gasteiger partial charge >= 0.3 is 0 Å². The second-order valence-electron chi connectivity index (χ2n) is 7.14. The van der Waals surface area contributed by atoms with Crippen molar-refractivity contribution in [2.75, 3.05) is 6.54 Å². The molecule has 0 aliphatic carbocycles. The zero-order valence-electron chi connectivity index (χ0n) is 16.2. The standard InChI is InChI=1S/C20H37NO3/c1-5-11-17(4)19(23)13-7-6-10-15-21-20(24)14-9-8-12-18(22)16(2)3/h16-17H,5-15H2,1-4H3,(H,21,24). The Kier molecular flexibility index (Phi) is 13.5. The van der Waals surface area contributed by atoms with Gasteiger partial charge in [0.25, 0.3) is 0 Å². The van der Waals surface area contributed by atoms with Gasteiger partial charge in [-0.3, -0.25) is 14.4 Å². The largest absolute Gasteiger partial charge is 0.356 e. The lowest BCUT2D eigenvalue weighted by Gasteiger charge is -2.09. The van der Waals surface area contributed by atoms with Gasteiger partial charge in [-0.25, -0.2) is 0 Å². The van der Waals surface area contributed by atoms with Crippen molar-refractivity contribution in [1.29, 1.82) is 0 Å². The highest BCUT2D eigenvalue weighted by Crippen LogP contribution is 2.11. The fourth-order valence-electron chi connectivity index (χ4n) is 2.63. The molecule has 140 valence electrons. The van der Waals surface area contributed by atoms with E-state index in [1.54, 1.807) is 0 Å². The smallest absolute Gasteiger partial charge is 0.219 e. The van der Waals surface area contributed by atoms with Crippen LogP contribution in [-0.2, 0) is 14.4 Å². The molecule has 0 saturated heterocycles. The number of hydrogen-bond donors (Lipinski definition) is 1. The van der Waals surface area contributed by atoms with Crippen molar-refractivity contribution in [3.05, 3.63) is 0 Å². The van der Waals surface area contributed by atoms with Gasteiger partial charge in [-0.1, -0.05) is 40.5 Å². The van der Waals surface area contributed by atoms with E-state index in [0.29, 0.717) is 31.6 Å². The summed E-state index contributed by atoms with van der Waals surface area (Å²) in [6.45, 7) is 8.62. The van der Waals surface area contributed by atoms with Crippen LogP contribution in [0.15, 0.2) is 0 Å². The number of hydrogen-bond acceptors (Lipinski definition) is 3. The first kappa shape index (κ1) is 22.8. The number of Topliss-reactive ketones (excluding diaryl/α,β-unsaturated/α-hetero) is 2. The van der Waals surface area contributed by atoms with Crippen LogP contribution in [0, 0.1) is 11.8 Å². The highest BCUT2D eigenvalue weighted by atomic mass is 16.1. The molecule has 4 heteroatoms. The van der Waals surface area contributed by atoms with Crippen LogP contribution < -0.4 is 5.32 Å². The van der Waals surface area contributed by atoms with Crippen LogP contribution in [0.1, 0.15) is 91.9 Å². The monoisotopic (exact) mass is 339 g/mol. The Morgan fingerprint density at radius 1 is 0.792 bits per heavy atom. The van der Waals surface area contributed by atoms with Crippen molar-refractivity contribution in [2.24, 2.45) is 11.8 Å². The molecular formula is C20H37NO3. The molecule has 0 aliphatic rings. The Morgan fingerprint density at radius 3 is 2.00 bits per heavy atom. The van der Waals surface area contributed by atoms with Crippen LogP contribution in [0.5, 0.6) is 0 Å². The molecule has 0 bridgehead atoms. The Bertz CT molecular complexity index is 377. The minimum absolute atomic E-state index is 0.0691. The molecule has 0 aromatic rings. The van der Waals surface area contributed by atoms with Crippen LogP contribution in [0.2, 0.25) is 0 Å². The summed E-state index contributed by atoms with van der Waals surface area (Å²) in [6, 6.07) is 0. The lowest BCUT2D eigenvalue weighted by Crippen LogP contribution is -2.24. The summed E-state index contributed by atoms with van der Waals surface area (Å²) < 4.78 is 0. The molecular weight excluding hydrogens is 302 g/mol. The SMILES string of the molecule is CCCC(C)C(=O)CCCCCNC(=O)CCCCC(=O)C(C)C. The molecule has 0 fully saturated rings. The molecule has 0 saturated carbocycles. The van der Waals surface area contributed by atoms with E-state index in [2.05, 4.69) is 12.2 Å². The van der Waals surface area contributed by atoms with Gasteiger partial charge < -0.3 is 5.32 Å². The van der Waals surface area contributed by atoms with Crippen molar-refractivity contribution in [2.45, 2.75) is 91.9 Å². The molecule has 0 aliphatic heterocycles. The van der Waals surface area contributed by atoms with E-state index >= 15 is 0 Å². The average Bonchev–Trinajstić information content (AvgIpc) is 2.54. The second-order valence-corrected chi connectivity index (χ2v) is 7.14. The molecule has 0 heterocycles. The number of rotatable bonds is 15. The number of carbonyl (C=O) groups excluding carboxylic acids is 3. The maximum Gasteiger partial charge on any atom is 0.219 e. The van der Waals surface area contributed by atoms with E-state index in [1.807, 2.05) is 20.8 Å². The first-order chi connectivity index (χ1) is 11.4. The highest BCUT2D eigenvalue weighted by Gasteiger charge is 2.11. The molecule has 1 amide bonds. The van der Waals surface area contributed by atoms with E-state index < -0.39 is 0 Å². The van der Waals surface area contributed by atoms with E-state index in [4.69, 9.17) is 0 Å². The molecule has 1 N–H and O–H groups in total. The number of nitrogens with one attached hydrogen (secondary N) is 1. The maximum absolute atomic E-state index is 11.8. The normalized spacial score (nSPS) is 12.2. The van der Waals surface area contributed by atoms with Crippen molar-refractivity contribution < 1.29 is 14.4 Å². The number of amides is 1. The Hall–Kier alpha value is -1.19. The van der Waals surface area contributed by atoms with Gasteiger partial charge in [0.1, 0.15) is 11.6 Å². The molecule has 24 heavy (non-hydrogen) atoms. The van der Waals surface area contributed by atoms with Gasteiger partial charge in [0.2, 0.25) is 5.91 Å². The summed E-state index contributed by atoms with van der Waals surface area (Å²) in [4.78, 5) is 35.0. The van der Waals surface area contributed by atoms with Gasteiger partial charge in [-0.2, -0.15) is 0 Å². The van der Waals surface area contributed by atoms with E-state index in [-0.39, 0.29) is 23.5 Å². The molecule has 4 nitrogen and oxygen atoms in total. The molecule has 1 unspecified atom stereocenters. The van der Waals surface area contributed by atoms with Gasteiger partial charge in [0.05, 0.1) is 0 Å². The molecule has 0 rings (SSSR count). The third-order valence-electron chi connectivity index (χ3n) is 4.41. The molecule has 0 aromatic heterocycles. The summed E-state index contributed by atoms with van der Waals surface area (Å²) in [5, 5.41) is 2.92. The summed E-state index contributed by atoms with van der Waals surface area (Å²) in [5.41, 5.74) is 0. The third kappa shape index (κ3) is 12.3. The number of carbonyl (C=O) groups is 3. The summed E-state index contributed by atoms with van der Waals surface area (Å²) in [5.74, 6) is 1.00. The van der Waals surface area contributed by atoms with Crippen molar-refractivity contribution in [3.63, 3.8) is 0 Å². The molecule has 0 spiro atoms. The van der Waals surface area contributed by atoms with Crippen LogP contribution in [0.4, 0.5) is 0 Å². The molecule has 0 aromatic carbocycles. The predicted octanol–water partition coefficient (Wildman–Crippen LogP) is 4.45. The average molecular weight is 340 g/mol. The molecule has 0 radical (unpaired) electrons. The van der Waals surface area contributed by atoms with Crippen LogP contribution in [0.25, 0.3) is 0 Å². The fraction of sp³-hybridized carbons (Fsp3) is 0.850. The van der Waals surface area contributed by atoms with Crippen molar-refractivity contribution in [3.8, 4) is 0 Å². The summed E-state index contributed by atoms with van der Waals surface area (Å²) >= 11 is 0. The predicted molar refractivity (Wildman–Crippen MR) is 98.9 cm³/mol. The molecule has 1 atom stereocenters. The first-order valence-electron chi connectivity index (χ1n) is 9.70. The topological polar surface area (TPSA) is 63.2 Å². The van der Waals surface area contributed by atoms with Crippen LogP contribution in [-0.4, -0.2) is 24.0 Å². The highest BCUT2D eigenvalue weighted by molar-refractivity contribution is 5.80. The van der Waals surface area contributed by atoms with Gasteiger partial charge in [0, 0.05) is 37.6 Å². The number of unbranched alkanes of at least 4 members (excludes halogenated alkanes) is 3. The summed E-state index contributed by atoms with van der Waals surface area (Å²) in [7, 11) is 0. The lowest BCUT2D eigenvalue weighted by atomic mass is 9.97. The maximum atomic E-state index is 11.8. The Labute approximate surface area is 148 Å². The second kappa shape index (κ2) is 14.2. The van der Waals surface area contributed by atoms with E-state index in [0.717, 1.165) is 44.9 Å².